The summed E-state index contributed by atoms with van der Waals surface area (Å²) in [4.78, 5) is 4.56. The van der Waals surface area contributed by atoms with Crippen molar-refractivity contribution in [2.24, 2.45) is 0 Å². The zero-order valence-corrected chi connectivity index (χ0v) is 14.6. The van der Waals surface area contributed by atoms with Crippen molar-refractivity contribution in [2.75, 3.05) is 0 Å². The molecule has 120 valence electrons. The Kier molecular flexibility index (Phi) is 4.07. The largest absolute Gasteiger partial charge is 0.514 e. The highest BCUT2D eigenvalue weighted by atomic mass is 16.7. The molecule has 3 rings (SSSR count). The molecular weight excluding hydrogens is 285 g/mol. The fraction of sp³-hybridized carbons (Fsp3) is 0.421. The second-order valence-corrected chi connectivity index (χ2v) is 7.11. The van der Waals surface area contributed by atoms with Gasteiger partial charge in [0.25, 0.3) is 0 Å². The van der Waals surface area contributed by atoms with E-state index in [0.29, 0.717) is 0 Å². The van der Waals surface area contributed by atoms with Crippen molar-refractivity contribution in [1.82, 2.24) is 4.98 Å². The lowest BCUT2D eigenvalue weighted by atomic mass is 9.84. The molecular formula is C19H24BNO2. The van der Waals surface area contributed by atoms with E-state index in [2.05, 4.69) is 69.9 Å². The van der Waals surface area contributed by atoms with Crippen LogP contribution < -0.4 is 5.59 Å². The molecule has 0 unspecified atom stereocenters. The minimum absolute atomic E-state index is 0.339. The average Bonchev–Trinajstić information content (AvgIpc) is 2.76. The van der Waals surface area contributed by atoms with Gasteiger partial charge in [0, 0.05) is 6.20 Å². The van der Waals surface area contributed by atoms with Gasteiger partial charge in [-0.2, -0.15) is 0 Å². The van der Waals surface area contributed by atoms with Crippen molar-refractivity contribution in [1.29, 1.82) is 0 Å². The maximum absolute atomic E-state index is 6.04. The zero-order valence-electron chi connectivity index (χ0n) is 14.6. The van der Waals surface area contributed by atoms with Crippen molar-refractivity contribution < 1.29 is 9.31 Å². The van der Waals surface area contributed by atoms with E-state index in [-0.39, 0.29) is 11.2 Å². The maximum atomic E-state index is 6.04. The fourth-order valence-electron chi connectivity index (χ4n) is 2.61. The Morgan fingerprint density at radius 3 is 1.91 bits per heavy atom. The molecule has 0 atom stereocenters. The summed E-state index contributed by atoms with van der Waals surface area (Å²) in [5.74, 6) is 0. The molecule has 3 nitrogen and oxygen atoms in total. The van der Waals surface area contributed by atoms with Crippen LogP contribution in [0.15, 0.2) is 42.6 Å². The summed E-state index contributed by atoms with van der Waals surface area (Å²) in [6.07, 6.45) is 2.95. The summed E-state index contributed by atoms with van der Waals surface area (Å²) in [5, 5.41) is 0. The summed E-state index contributed by atoms with van der Waals surface area (Å²) >= 11 is 0. The first-order valence-corrected chi connectivity index (χ1v) is 8.23. The number of pyridine rings is 1. The standard InChI is InChI=1S/C19H24BNO2/c1-6-14-7-9-15(10-8-14)16-11-12-17(21-13-16)20-22-18(2,3)19(4,5)23-20/h7-13H,6H2,1-5H3. The van der Waals surface area contributed by atoms with Crippen LogP contribution in [0.4, 0.5) is 0 Å². The Hall–Kier alpha value is -1.65. The normalized spacial score (nSPS) is 19.1. The lowest BCUT2D eigenvalue weighted by Gasteiger charge is -2.32. The molecule has 0 amide bonds. The van der Waals surface area contributed by atoms with Crippen LogP contribution in [-0.2, 0) is 15.7 Å². The molecule has 0 aliphatic carbocycles. The van der Waals surface area contributed by atoms with Gasteiger partial charge < -0.3 is 9.31 Å². The molecule has 1 aromatic heterocycles. The van der Waals surface area contributed by atoms with Crippen molar-refractivity contribution in [3.8, 4) is 11.1 Å². The van der Waals surface area contributed by atoms with Crippen LogP contribution in [-0.4, -0.2) is 23.3 Å². The Morgan fingerprint density at radius 2 is 1.43 bits per heavy atom. The molecule has 1 aliphatic rings. The molecule has 0 spiro atoms. The Balaban J connectivity index is 1.80. The predicted octanol–water partition coefficient (Wildman–Crippen LogP) is 3.61. The molecule has 0 bridgehead atoms. The quantitative estimate of drug-likeness (QED) is 0.812. The summed E-state index contributed by atoms with van der Waals surface area (Å²) in [7, 11) is -0.406. The number of aryl methyl sites for hydroxylation is 1. The Bertz CT molecular complexity index is 662. The van der Waals surface area contributed by atoms with Gasteiger partial charge >= 0.3 is 7.12 Å². The van der Waals surface area contributed by atoms with Crippen molar-refractivity contribution >= 4 is 12.7 Å². The van der Waals surface area contributed by atoms with Gasteiger partial charge in [-0.25, -0.2) is 0 Å². The van der Waals surface area contributed by atoms with Crippen LogP contribution in [0.3, 0.4) is 0 Å². The summed E-state index contributed by atoms with van der Waals surface area (Å²) in [5.41, 5.74) is 3.76. The summed E-state index contributed by atoms with van der Waals surface area (Å²) < 4.78 is 12.1. The van der Waals surface area contributed by atoms with Crippen molar-refractivity contribution in [3.63, 3.8) is 0 Å². The summed E-state index contributed by atoms with van der Waals surface area (Å²) in [6.45, 7) is 10.4. The molecule has 2 heterocycles. The second kappa shape index (κ2) is 5.77. The lowest BCUT2D eigenvalue weighted by molar-refractivity contribution is 0.00578. The van der Waals surface area contributed by atoms with E-state index in [4.69, 9.17) is 9.31 Å². The van der Waals surface area contributed by atoms with Crippen LogP contribution in [0, 0.1) is 0 Å². The number of hydrogen-bond acceptors (Lipinski definition) is 3. The van der Waals surface area contributed by atoms with E-state index in [0.717, 1.165) is 17.6 Å². The third-order valence-corrected chi connectivity index (χ3v) is 4.98. The SMILES string of the molecule is CCc1ccc(-c2ccc(B3OC(C)(C)C(C)(C)O3)nc2)cc1. The van der Waals surface area contributed by atoms with Gasteiger partial charge in [0.2, 0.25) is 0 Å². The number of hydrogen-bond donors (Lipinski definition) is 0. The highest BCUT2D eigenvalue weighted by Crippen LogP contribution is 2.36. The monoisotopic (exact) mass is 309 g/mol. The topological polar surface area (TPSA) is 31.4 Å². The number of aromatic nitrogens is 1. The van der Waals surface area contributed by atoms with Crippen LogP contribution in [0.5, 0.6) is 0 Å². The van der Waals surface area contributed by atoms with E-state index in [9.17, 15) is 0 Å². The van der Waals surface area contributed by atoms with E-state index in [1.807, 2.05) is 12.3 Å². The number of nitrogens with zero attached hydrogens (tertiary/aromatic N) is 1. The van der Waals surface area contributed by atoms with Crippen LogP contribution in [0.2, 0.25) is 0 Å². The molecule has 0 radical (unpaired) electrons. The lowest BCUT2D eigenvalue weighted by Crippen LogP contribution is -2.41. The fourth-order valence-corrected chi connectivity index (χ4v) is 2.61. The van der Waals surface area contributed by atoms with E-state index in [1.165, 1.54) is 11.1 Å². The molecule has 0 saturated carbocycles. The molecule has 1 aliphatic heterocycles. The Morgan fingerprint density at radius 1 is 0.870 bits per heavy atom. The first-order valence-electron chi connectivity index (χ1n) is 8.23. The first kappa shape index (κ1) is 16.2. The minimum atomic E-state index is -0.406. The predicted molar refractivity (Wildman–Crippen MR) is 94.8 cm³/mol. The van der Waals surface area contributed by atoms with Gasteiger partial charge in [-0.3, -0.25) is 4.98 Å². The molecule has 1 fully saturated rings. The molecule has 1 saturated heterocycles. The number of rotatable bonds is 3. The van der Waals surface area contributed by atoms with Gasteiger partial charge in [-0.05, 0) is 56.9 Å². The van der Waals surface area contributed by atoms with Gasteiger partial charge in [0.15, 0.2) is 0 Å². The van der Waals surface area contributed by atoms with Crippen molar-refractivity contribution in [3.05, 3.63) is 48.2 Å². The average molecular weight is 309 g/mol. The van der Waals surface area contributed by atoms with Crippen LogP contribution >= 0.6 is 0 Å². The highest BCUT2D eigenvalue weighted by molar-refractivity contribution is 6.61. The Labute approximate surface area is 139 Å². The molecule has 0 N–H and O–H groups in total. The first-order chi connectivity index (χ1) is 10.8. The second-order valence-electron chi connectivity index (χ2n) is 7.11. The van der Waals surface area contributed by atoms with Gasteiger partial charge in [-0.15, -0.1) is 0 Å². The zero-order chi connectivity index (χ0) is 16.7. The third-order valence-electron chi connectivity index (χ3n) is 4.98. The van der Waals surface area contributed by atoms with Crippen molar-refractivity contribution in [2.45, 2.75) is 52.2 Å². The minimum Gasteiger partial charge on any atom is -0.398 e. The summed E-state index contributed by atoms with van der Waals surface area (Å²) in [6, 6.07) is 12.7. The van der Waals surface area contributed by atoms with Gasteiger partial charge in [0.1, 0.15) is 0 Å². The smallest absolute Gasteiger partial charge is 0.398 e. The van der Waals surface area contributed by atoms with Gasteiger partial charge in [0.05, 0.1) is 16.8 Å². The molecule has 1 aromatic carbocycles. The van der Waals surface area contributed by atoms with E-state index >= 15 is 0 Å². The number of benzene rings is 1. The van der Waals surface area contributed by atoms with Crippen LogP contribution in [0.1, 0.15) is 40.2 Å². The molecule has 2 aromatic rings. The van der Waals surface area contributed by atoms with E-state index in [1.54, 1.807) is 0 Å². The maximum Gasteiger partial charge on any atom is 0.514 e. The third kappa shape index (κ3) is 3.06. The van der Waals surface area contributed by atoms with E-state index < -0.39 is 7.12 Å². The highest BCUT2D eigenvalue weighted by Gasteiger charge is 2.52. The van der Waals surface area contributed by atoms with Gasteiger partial charge in [-0.1, -0.05) is 37.3 Å². The van der Waals surface area contributed by atoms with Crippen LogP contribution in [0.25, 0.3) is 11.1 Å². The molecule has 4 heteroatoms. The molecule has 23 heavy (non-hydrogen) atoms.